The molecule has 1 aromatic rings. The molecular weight excluding hydrogens is 340 g/mol. The van der Waals surface area contributed by atoms with Crippen molar-refractivity contribution in [1.29, 1.82) is 0 Å². The molecule has 2 fully saturated rings. The number of nitrogens with one attached hydrogen (secondary N) is 1. The molecule has 3 heterocycles. The summed E-state index contributed by atoms with van der Waals surface area (Å²) in [6.45, 7) is 0.468. The first-order valence-electron chi connectivity index (χ1n) is 7.28. The fraction of sp³-hybridized carbons (Fsp3) is 0.462. The number of carbonyl (C=O) groups is 2. The lowest BCUT2D eigenvalue weighted by molar-refractivity contribution is -0.126. The van der Waals surface area contributed by atoms with Crippen molar-refractivity contribution in [1.82, 2.24) is 20.3 Å². The minimum Gasteiger partial charge on any atom is -0.350 e. The normalized spacial score (nSPS) is 23.5. The van der Waals surface area contributed by atoms with E-state index in [1.165, 1.54) is 4.90 Å². The number of urea groups is 1. The van der Waals surface area contributed by atoms with E-state index in [0.29, 0.717) is 24.4 Å². The molecule has 130 valence electrons. The molecule has 2 bridgehead atoms. The molecule has 2 unspecified atom stereocenters. The fourth-order valence-corrected chi connectivity index (χ4v) is 3.30. The molecule has 2 atom stereocenters. The van der Waals surface area contributed by atoms with Crippen LogP contribution < -0.4 is 5.32 Å². The predicted molar refractivity (Wildman–Crippen MR) is 79.5 cm³/mol. The molecule has 2 aliphatic heterocycles. The molecule has 2 aliphatic rings. The third kappa shape index (κ3) is 3.47. The summed E-state index contributed by atoms with van der Waals surface area (Å²) in [7, 11) is -4.79. The molecule has 3 rings (SSSR count). The number of hydrogen-bond acceptors (Lipinski definition) is 6. The van der Waals surface area contributed by atoms with Gasteiger partial charge in [-0.2, -0.15) is 13.5 Å². The summed E-state index contributed by atoms with van der Waals surface area (Å²) in [4.78, 5) is 29.7. The molecule has 2 N–H and O–H groups in total. The van der Waals surface area contributed by atoms with Gasteiger partial charge in [-0.3, -0.25) is 14.3 Å². The van der Waals surface area contributed by atoms with Crippen LogP contribution in [0.3, 0.4) is 0 Å². The average molecular weight is 356 g/mol. The number of pyridine rings is 1. The third-order valence-corrected chi connectivity index (χ3v) is 4.37. The topological polar surface area (TPSA) is 129 Å². The number of nitrogens with zero attached hydrogens (tertiary/aromatic N) is 3. The van der Waals surface area contributed by atoms with Crippen molar-refractivity contribution in [3.8, 4) is 0 Å². The first-order valence-corrected chi connectivity index (χ1v) is 8.65. The maximum atomic E-state index is 12.3. The molecule has 0 aromatic carbocycles. The third-order valence-electron chi connectivity index (χ3n) is 4.02. The van der Waals surface area contributed by atoms with E-state index in [1.54, 1.807) is 24.5 Å². The summed E-state index contributed by atoms with van der Waals surface area (Å²) in [6, 6.07) is 1.56. The van der Waals surface area contributed by atoms with Crippen LogP contribution in [-0.4, -0.2) is 58.5 Å². The first-order chi connectivity index (χ1) is 11.3. The van der Waals surface area contributed by atoms with Gasteiger partial charge in [0.15, 0.2) is 0 Å². The zero-order chi connectivity index (χ0) is 17.3. The lowest BCUT2D eigenvalue weighted by Gasteiger charge is -2.29. The Labute approximate surface area is 138 Å². The van der Waals surface area contributed by atoms with E-state index < -0.39 is 28.5 Å². The summed E-state index contributed by atoms with van der Waals surface area (Å²) < 4.78 is 34.7. The zero-order valence-electron chi connectivity index (χ0n) is 12.5. The van der Waals surface area contributed by atoms with Gasteiger partial charge in [0.1, 0.15) is 6.04 Å². The highest BCUT2D eigenvalue weighted by Crippen LogP contribution is 2.30. The van der Waals surface area contributed by atoms with Crippen LogP contribution in [0.4, 0.5) is 4.79 Å². The Hall–Kier alpha value is -2.24. The predicted octanol–water partition coefficient (Wildman–Crippen LogP) is -0.299. The van der Waals surface area contributed by atoms with Gasteiger partial charge < -0.3 is 10.2 Å². The number of aromatic nitrogens is 1. The molecule has 1 aromatic heterocycles. The molecule has 3 amide bonds. The van der Waals surface area contributed by atoms with Gasteiger partial charge in [-0.25, -0.2) is 4.79 Å². The van der Waals surface area contributed by atoms with E-state index in [0.717, 1.165) is 5.56 Å². The van der Waals surface area contributed by atoms with Crippen LogP contribution in [0.1, 0.15) is 18.4 Å². The van der Waals surface area contributed by atoms with Gasteiger partial charge >= 0.3 is 16.4 Å². The average Bonchev–Trinajstić information content (AvgIpc) is 2.77. The minimum atomic E-state index is -4.79. The lowest BCUT2D eigenvalue weighted by Crippen LogP contribution is -2.49. The lowest BCUT2D eigenvalue weighted by atomic mass is 10.0. The van der Waals surface area contributed by atoms with E-state index in [-0.39, 0.29) is 12.5 Å². The molecule has 0 spiro atoms. The standard InChI is InChI=1S/C13H16N4O6S/c18-12(15-7-9-3-5-14-6-4-9)11-2-1-10-8-16(11)13(19)17(10)23-24(20,21)22/h3-6,10-11H,1-2,7-8H2,(H,15,18)(H,20,21,22). The van der Waals surface area contributed by atoms with Crippen LogP contribution in [0.5, 0.6) is 0 Å². The van der Waals surface area contributed by atoms with Crippen molar-refractivity contribution in [2.24, 2.45) is 0 Å². The van der Waals surface area contributed by atoms with Gasteiger partial charge in [-0.05, 0) is 30.5 Å². The van der Waals surface area contributed by atoms with E-state index in [9.17, 15) is 18.0 Å². The molecule has 0 radical (unpaired) electrons. The van der Waals surface area contributed by atoms with Crippen LogP contribution >= 0.6 is 0 Å². The number of carbonyl (C=O) groups excluding carboxylic acids is 2. The summed E-state index contributed by atoms with van der Waals surface area (Å²) in [5.74, 6) is -0.327. The van der Waals surface area contributed by atoms with Gasteiger partial charge in [0.25, 0.3) is 0 Å². The van der Waals surface area contributed by atoms with Crippen LogP contribution in [0.25, 0.3) is 0 Å². The Kier molecular flexibility index (Phi) is 4.39. The van der Waals surface area contributed by atoms with Crippen LogP contribution in [0, 0.1) is 0 Å². The maximum absolute atomic E-state index is 12.3. The Morgan fingerprint density at radius 2 is 2.08 bits per heavy atom. The number of hydroxylamine groups is 2. The number of fused-ring (bicyclic) bond motifs is 2. The van der Waals surface area contributed by atoms with Crippen LogP contribution in [-0.2, 0) is 26.0 Å². The first kappa shape index (κ1) is 16.6. The highest BCUT2D eigenvalue weighted by Gasteiger charge is 2.49. The van der Waals surface area contributed by atoms with Crippen molar-refractivity contribution < 1.29 is 26.8 Å². The molecule has 2 saturated heterocycles. The highest BCUT2D eigenvalue weighted by atomic mass is 32.3. The monoisotopic (exact) mass is 356 g/mol. The summed E-state index contributed by atoms with van der Waals surface area (Å²) in [5, 5.41) is 3.36. The zero-order valence-corrected chi connectivity index (χ0v) is 13.3. The molecule has 11 heteroatoms. The van der Waals surface area contributed by atoms with Crippen molar-refractivity contribution in [3.63, 3.8) is 0 Å². The Morgan fingerprint density at radius 3 is 2.75 bits per heavy atom. The second-order valence-corrected chi connectivity index (χ2v) is 6.59. The smallest absolute Gasteiger partial charge is 0.350 e. The summed E-state index contributed by atoms with van der Waals surface area (Å²) in [5.41, 5.74) is 0.871. The maximum Gasteiger partial charge on any atom is 0.418 e. The second kappa shape index (κ2) is 6.34. The molecule has 0 aliphatic carbocycles. The van der Waals surface area contributed by atoms with Crippen LogP contribution in [0.15, 0.2) is 24.5 Å². The number of hydrogen-bond donors (Lipinski definition) is 2. The minimum absolute atomic E-state index is 0.168. The quantitative estimate of drug-likeness (QED) is 0.693. The van der Waals surface area contributed by atoms with Gasteiger partial charge in [0, 0.05) is 25.5 Å². The van der Waals surface area contributed by atoms with Crippen molar-refractivity contribution in [3.05, 3.63) is 30.1 Å². The Morgan fingerprint density at radius 1 is 1.38 bits per heavy atom. The summed E-state index contributed by atoms with van der Waals surface area (Å²) >= 11 is 0. The van der Waals surface area contributed by atoms with E-state index in [2.05, 4.69) is 14.6 Å². The molecule has 10 nitrogen and oxygen atoms in total. The van der Waals surface area contributed by atoms with Crippen molar-refractivity contribution >= 4 is 22.3 Å². The van der Waals surface area contributed by atoms with Gasteiger partial charge in [-0.1, -0.05) is 0 Å². The van der Waals surface area contributed by atoms with E-state index in [4.69, 9.17) is 4.55 Å². The molecular formula is C13H16N4O6S. The number of rotatable bonds is 5. The Balaban J connectivity index is 1.64. The van der Waals surface area contributed by atoms with E-state index >= 15 is 0 Å². The second-order valence-electron chi connectivity index (χ2n) is 5.58. The van der Waals surface area contributed by atoms with Gasteiger partial charge in [0.2, 0.25) is 5.91 Å². The van der Waals surface area contributed by atoms with Crippen molar-refractivity contribution in [2.75, 3.05) is 6.54 Å². The fourth-order valence-electron chi connectivity index (χ4n) is 2.91. The molecule has 24 heavy (non-hydrogen) atoms. The summed E-state index contributed by atoms with van der Waals surface area (Å²) in [6.07, 6.45) is 4.00. The van der Waals surface area contributed by atoms with Gasteiger partial charge in [0.05, 0.1) is 6.04 Å². The Bertz CT molecular complexity index is 740. The van der Waals surface area contributed by atoms with E-state index in [1.807, 2.05) is 0 Å². The van der Waals surface area contributed by atoms with Crippen LogP contribution in [0.2, 0.25) is 0 Å². The number of piperidine rings is 1. The molecule has 0 saturated carbocycles. The highest BCUT2D eigenvalue weighted by molar-refractivity contribution is 7.80. The number of amides is 3. The SMILES string of the molecule is O=C(NCc1ccncc1)C1CCC2CN1C(=O)N2OS(=O)(=O)O. The largest absolute Gasteiger partial charge is 0.418 e. The van der Waals surface area contributed by atoms with Crippen molar-refractivity contribution in [2.45, 2.75) is 31.5 Å². The van der Waals surface area contributed by atoms with Gasteiger partial charge in [-0.15, -0.1) is 4.28 Å².